The molecule has 0 spiro atoms. The number of nitrogens with zero attached hydrogens (tertiary/aromatic N) is 1. The molecule has 1 aliphatic rings. The molecule has 21 heavy (non-hydrogen) atoms. The molecule has 0 bridgehead atoms. The number of fused-ring (bicyclic) bond motifs is 1. The molecule has 0 atom stereocenters. The van der Waals surface area contributed by atoms with Gasteiger partial charge in [0, 0.05) is 35.9 Å². The van der Waals surface area contributed by atoms with Gasteiger partial charge in [0.15, 0.2) is 4.77 Å². The van der Waals surface area contributed by atoms with Crippen LogP contribution in [0.5, 0.6) is 0 Å². The number of benzene rings is 1. The number of hydrogen-bond donors (Lipinski definition) is 2. The fraction of sp³-hybridized carbons (Fsp3) is 0.286. The highest BCUT2D eigenvalue weighted by molar-refractivity contribution is 7.71. The van der Waals surface area contributed by atoms with E-state index in [0.717, 1.165) is 23.4 Å². The van der Waals surface area contributed by atoms with Crippen molar-refractivity contribution in [3.8, 4) is 0 Å². The lowest BCUT2D eigenvalue weighted by atomic mass is 10.1. The summed E-state index contributed by atoms with van der Waals surface area (Å²) in [5.41, 5.74) is 2.34. The Balaban J connectivity index is 1.83. The number of hydrogen-bond acceptors (Lipinski definition) is 3. The molecule has 0 aliphatic carbocycles. The first kappa shape index (κ1) is 14.4. The summed E-state index contributed by atoms with van der Waals surface area (Å²) >= 11 is 11.0. The van der Waals surface area contributed by atoms with Gasteiger partial charge in [0.1, 0.15) is 5.82 Å². The van der Waals surface area contributed by atoms with Gasteiger partial charge in [0.25, 0.3) is 5.56 Å². The summed E-state index contributed by atoms with van der Waals surface area (Å²) in [6, 6.07) is 4.40. The van der Waals surface area contributed by atoms with Gasteiger partial charge < -0.3 is 4.98 Å². The van der Waals surface area contributed by atoms with Crippen molar-refractivity contribution in [2.24, 2.45) is 0 Å². The van der Waals surface area contributed by atoms with Crippen molar-refractivity contribution in [1.29, 1.82) is 0 Å². The topological polar surface area (TPSA) is 51.9 Å². The van der Waals surface area contributed by atoms with Crippen LogP contribution in [-0.2, 0) is 19.5 Å². The Hall–Kier alpha value is -1.50. The lowest BCUT2D eigenvalue weighted by Crippen LogP contribution is -2.34. The Kier molecular flexibility index (Phi) is 3.93. The lowest BCUT2D eigenvalue weighted by Gasteiger charge is -2.28. The smallest absolute Gasteiger partial charge is 0.255 e. The summed E-state index contributed by atoms with van der Waals surface area (Å²) in [5, 5.41) is 0.416. The quantitative estimate of drug-likeness (QED) is 0.835. The van der Waals surface area contributed by atoms with Crippen molar-refractivity contribution in [3.63, 3.8) is 0 Å². The van der Waals surface area contributed by atoms with E-state index >= 15 is 0 Å². The highest BCUT2D eigenvalue weighted by Gasteiger charge is 2.20. The molecule has 1 aliphatic heterocycles. The molecular weight excluding hydrogens is 313 g/mol. The van der Waals surface area contributed by atoms with Crippen molar-refractivity contribution >= 4 is 23.8 Å². The Bertz CT molecular complexity index is 802. The molecule has 0 saturated carbocycles. The molecule has 7 heteroatoms. The van der Waals surface area contributed by atoms with Crippen molar-refractivity contribution in [2.45, 2.75) is 19.5 Å². The minimum atomic E-state index is -0.344. The third kappa shape index (κ3) is 3.07. The Morgan fingerprint density at radius 2 is 2.19 bits per heavy atom. The first-order chi connectivity index (χ1) is 10.0. The number of nitrogens with one attached hydrogen (secondary N) is 2. The number of halogens is 2. The van der Waals surface area contributed by atoms with Gasteiger partial charge in [-0.2, -0.15) is 0 Å². The molecule has 2 N–H and O–H groups in total. The lowest BCUT2D eigenvalue weighted by molar-refractivity contribution is 0.240. The van der Waals surface area contributed by atoms with E-state index < -0.39 is 0 Å². The highest BCUT2D eigenvalue weighted by atomic mass is 35.5. The zero-order valence-electron chi connectivity index (χ0n) is 11.1. The predicted octanol–water partition coefficient (Wildman–Crippen LogP) is 2.78. The number of aromatic nitrogens is 2. The van der Waals surface area contributed by atoms with Gasteiger partial charge in [-0.15, -0.1) is 0 Å². The minimum Gasteiger partial charge on any atom is -0.334 e. The molecule has 4 nitrogen and oxygen atoms in total. The van der Waals surface area contributed by atoms with Crippen LogP contribution in [0.2, 0.25) is 5.02 Å². The standard InChI is InChI=1S/C14H13ClFN3OS/c15-11-5-9(16)2-1-8(11)6-19-4-3-10-12(7-19)17-14(21)18-13(10)20/h1-2,5H,3-4,6-7H2,(H2,17,18,20,21). The first-order valence-electron chi connectivity index (χ1n) is 6.53. The summed E-state index contributed by atoms with van der Waals surface area (Å²) in [4.78, 5) is 19.6. The Labute approximate surface area is 130 Å². The molecular formula is C14H13ClFN3OS. The van der Waals surface area contributed by atoms with Gasteiger partial charge in [0.2, 0.25) is 0 Å². The van der Waals surface area contributed by atoms with Gasteiger partial charge in [-0.3, -0.25) is 14.7 Å². The number of H-pyrrole nitrogens is 2. The molecule has 0 radical (unpaired) electrons. The average molecular weight is 326 g/mol. The molecule has 0 fully saturated rings. The Morgan fingerprint density at radius 3 is 2.95 bits per heavy atom. The van der Waals surface area contributed by atoms with E-state index in [0.29, 0.717) is 29.3 Å². The summed E-state index contributed by atoms with van der Waals surface area (Å²) in [5.74, 6) is -0.344. The van der Waals surface area contributed by atoms with Crippen molar-refractivity contribution < 1.29 is 4.39 Å². The zero-order chi connectivity index (χ0) is 15.0. The summed E-state index contributed by atoms with van der Waals surface area (Å²) < 4.78 is 13.4. The molecule has 1 aromatic carbocycles. The van der Waals surface area contributed by atoms with Crippen LogP contribution in [0.3, 0.4) is 0 Å². The van der Waals surface area contributed by atoms with Crippen molar-refractivity contribution in [3.05, 3.63) is 61.0 Å². The normalized spacial score (nSPS) is 15.0. The zero-order valence-corrected chi connectivity index (χ0v) is 12.7. The maximum Gasteiger partial charge on any atom is 0.255 e. The molecule has 3 rings (SSSR count). The average Bonchev–Trinajstić information content (AvgIpc) is 2.41. The van der Waals surface area contributed by atoms with E-state index in [2.05, 4.69) is 14.9 Å². The second-order valence-corrected chi connectivity index (χ2v) is 5.88. The third-order valence-electron chi connectivity index (χ3n) is 3.60. The van der Waals surface area contributed by atoms with Crippen LogP contribution in [0.4, 0.5) is 4.39 Å². The van der Waals surface area contributed by atoms with Crippen LogP contribution in [-0.4, -0.2) is 21.4 Å². The fourth-order valence-electron chi connectivity index (χ4n) is 2.56. The maximum atomic E-state index is 13.1. The maximum absolute atomic E-state index is 13.1. The highest BCUT2D eigenvalue weighted by Crippen LogP contribution is 2.22. The van der Waals surface area contributed by atoms with Gasteiger partial charge >= 0.3 is 0 Å². The second-order valence-electron chi connectivity index (χ2n) is 5.06. The van der Waals surface area contributed by atoms with Crippen LogP contribution in [0.1, 0.15) is 16.8 Å². The van der Waals surface area contributed by atoms with Gasteiger partial charge in [-0.1, -0.05) is 17.7 Å². The van der Waals surface area contributed by atoms with Crippen LogP contribution in [0, 0.1) is 10.6 Å². The van der Waals surface area contributed by atoms with E-state index in [1.807, 2.05) is 0 Å². The van der Waals surface area contributed by atoms with E-state index in [-0.39, 0.29) is 11.4 Å². The summed E-state index contributed by atoms with van der Waals surface area (Å²) in [6.07, 6.45) is 0.648. The minimum absolute atomic E-state index is 0.117. The summed E-state index contributed by atoms with van der Waals surface area (Å²) in [7, 11) is 0. The van der Waals surface area contributed by atoms with Crippen molar-refractivity contribution in [2.75, 3.05) is 6.54 Å². The van der Waals surface area contributed by atoms with E-state index in [9.17, 15) is 9.18 Å². The molecule has 2 aromatic rings. The van der Waals surface area contributed by atoms with E-state index in [4.69, 9.17) is 23.8 Å². The van der Waals surface area contributed by atoms with Crippen LogP contribution in [0.15, 0.2) is 23.0 Å². The molecule has 0 saturated heterocycles. The Morgan fingerprint density at radius 1 is 1.38 bits per heavy atom. The van der Waals surface area contributed by atoms with E-state index in [1.165, 1.54) is 12.1 Å². The van der Waals surface area contributed by atoms with Crippen LogP contribution < -0.4 is 5.56 Å². The molecule has 1 aromatic heterocycles. The first-order valence-corrected chi connectivity index (χ1v) is 7.32. The van der Waals surface area contributed by atoms with E-state index in [1.54, 1.807) is 6.07 Å². The van der Waals surface area contributed by atoms with Gasteiger partial charge in [0.05, 0.1) is 0 Å². The molecule has 0 unspecified atom stereocenters. The monoisotopic (exact) mass is 325 g/mol. The summed E-state index contributed by atoms with van der Waals surface area (Å²) in [6.45, 7) is 1.94. The van der Waals surface area contributed by atoms with Gasteiger partial charge in [-0.25, -0.2) is 4.39 Å². The SMILES string of the molecule is O=c1[nH]c(=S)[nH]c2c1CCN(Cc1ccc(F)cc1Cl)C2. The second kappa shape index (κ2) is 5.71. The molecule has 2 heterocycles. The van der Waals surface area contributed by atoms with Crippen LogP contribution in [0.25, 0.3) is 0 Å². The van der Waals surface area contributed by atoms with Crippen LogP contribution >= 0.6 is 23.8 Å². The van der Waals surface area contributed by atoms with Gasteiger partial charge in [-0.05, 0) is 36.3 Å². The third-order valence-corrected chi connectivity index (χ3v) is 4.15. The largest absolute Gasteiger partial charge is 0.334 e. The molecule has 0 amide bonds. The number of aromatic amines is 2. The number of rotatable bonds is 2. The predicted molar refractivity (Wildman–Crippen MR) is 81.5 cm³/mol. The fourth-order valence-corrected chi connectivity index (χ4v) is 3.00. The molecule has 110 valence electrons. The van der Waals surface area contributed by atoms with Crippen molar-refractivity contribution in [1.82, 2.24) is 14.9 Å².